The number of rotatable bonds is 3. The van der Waals surface area contributed by atoms with Gasteiger partial charge in [-0.05, 0) is 12.5 Å². The molecule has 1 amide bonds. The van der Waals surface area contributed by atoms with Gasteiger partial charge in [-0.2, -0.15) is 0 Å². The number of carbonyl (C=O) groups is 1. The van der Waals surface area contributed by atoms with Gasteiger partial charge in [-0.3, -0.25) is 4.79 Å². The van der Waals surface area contributed by atoms with Gasteiger partial charge in [0.1, 0.15) is 6.10 Å². The zero-order chi connectivity index (χ0) is 12.1. The van der Waals surface area contributed by atoms with E-state index < -0.39 is 0 Å². The predicted octanol–water partition coefficient (Wildman–Crippen LogP) is 0.600. The minimum Gasteiger partial charge on any atom is -0.366 e. The molecule has 2 rings (SSSR count). The van der Waals surface area contributed by atoms with Crippen molar-refractivity contribution in [2.45, 2.75) is 19.6 Å². The van der Waals surface area contributed by atoms with Gasteiger partial charge >= 0.3 is 0 Å². The highest BCUT2D eigenvalue weighted by molar-refractivity contribution is 5.81. The molecule has 1 aliphatic rings. The van der Waals surface area contributed by atoms with E-state index in [0.29, 0.717) is 19.7 Å². The molecule has 1 fully saturated rings. The summed E-state index contributed by atoms with van der Waals surface area (Å²) in [5.41, 5.74) is 2.33. The molecule has 1 aromatic carbocycles. The first-order valence-corrected chi connectivity index (χ1v) is 5.91. The topological polar surface area (TPSA) is 50.4 Å². The van der Waals surface area contributed by atoms with Crippen LogP contribution in [0.2, 0.25) is 0 Å². The monoisotopic (exact) mass is 234 g/mol. The lowest BCUT2D eigenvalue weighted by molar-refractivity contribution is -0.134. The molecule has 1 heterocycles. The van der Waals surface area contributed by atoms with Crippen LogP contribution in [0.5, 0.6) is 0 Å². The smallest absolute Gasteiger partial charge is 0.250 e. The Morgan fingerprint density at radius 3 is 2.88 bits per heavy atom. The van der Waals surface area contributed by atoms with E-state index in [4.69, 9.17) is 4.74 Å². The molecule has 4 nitrogen and oxygen atoms in total. The third-order valence-corrected chi connectivity index (χ3v) is 2.81. The Morgan fingerprint density at radius 1 is 1.47 bits per heavy atom. The fourth-order valence-corrected chi connectivity index (χ4v) is 1.74. The van der Waals surface area contributed by atoms with E-state index in [0.717, 1.165) is 12.1 Å². The zero-order valence-corrected chi connectivity index (χ0v) is 10.0. The third kappa shape index (κ3) is 3.54. The van der Waals surface area contributed by atoms with E-state index in [2.05, 4.69) is 10.6 Å². The molecule has 2 N–H and O–H groups in total. The highest BCUT2D eigenvalue weighted by Crippen LogP contribution is 2.03. The molecule has 1 atom stereocenters. The molecule has 4 heteroatoms. The number of aryl methyl sites for hydroxylation is 1. The fraction of sp³-hybridized carbons (Fsp3) is 0.462. The second kappa shape index (κ2) is 5.80. The molecule has 1 unspecified atom stereocenters. The first kappa shape index (κ1) is 12.1. The summed E-state index contributed by atoms with van der Waals surface area (Å²) in [5.74, 6) is -0.0437. The normalized spacial score (nSPS) is 19.9. The largest absolute Gasteiger partial charge is 0.366 e. The zero-order valence-electron chi connectivity index (χ0n) is 10.0. The molecule has 0 bridgehead atoms. The number of hydrogen-bond donors (Lipinski definition) is 2. The highest BCUT2D eigenvalue weighted by Gasteiger charge is 2.20. The maximum Gasteiger partial charge on any atom is 0.250 e. The maximum absolute atomic E-state index is 11.8. The molecular formula is C13H18N2O2. The summed E-state index contributed by atoms with van der Waals surface area (Å²) in [4.78, 5) is 11.8. The number of amides is 1. The van der Waals surface area contributed by atoms with Crippen molar-refractivity contribution in [1.29, 1.82) is 0 Å². The van der Waals surface area contributed by atoms with E-state index in [1.807, 2.05) is 31.2 Å². The van der Waals surface area contributed by atoms with Gasteiger partial charge < -0.3 is 15.4 Å². The minimum absolute atomic E-state index is 0.0437. The van der Waals surface area contributed by atoms with E-state index in [9.17, 15) is 4.79 Å². The highest BCUT2D eigenvalue weighted by atomic mass is 16.5. The molecule has 0 spiro atoms. The van der Waals surface area contributed by atoms with Gasteiger partial charge in [-0.15, -0.1) is 0 Å². The first-order valence-electron chi connectivity index (χ1n) is 5.91. The maximum atomic E-state index is 11.8. The number of benzene rings is 1. The van der Waals surface area contributed by atoms with Crippen LogP contribution in [0.15, 0.2) is 24.3 Å². The van der Waals surface area contributed by atoms with E-state index in [-0.39, 0.29) is 12.0 Å². The average Bonchev–Trinajstić information content (AvgIpc) is 2.39. The van der Waals surface area contributed by atoms with Crippen molar-refractivity contribution in [3.8, 4) is 0 Å². The average molecular weight is 234 g/mol. The third-order valence-electron chi connectivity index (χ3n) is 2.81. The van der Waals surface area contributed by atoms with Gasteiger partial charge in [-0.25, -0.2) is 0 Å². The number of nitrogens with one attached hydrogen (secondary N) is 2. The van der Waals surface area contributed by atoms with Gasteiger partial charge in [0.05, 0.1) is 6.61 Å². The Hall–Kier alpha value is -1.39. The lowest BCUT2D eigenvalue weighted by atomic mass is 10.1. The number of carbonyl (C=O) groups excluding carboxylic acids is 1. The Morgan fingerprint density at radius 2 is 2.24 bits per heavy atom. The molecule has 0 saturated carbocycles. The Bertz CT molecular complexity index is 370. The van der Waals surface area contributed by atoms with E-state index >= 15 is 0 Å². The van der Waals surface area contributed by atoms with Crippen LogP contribution in [-0.4, -0.2) is 31.7 Å². The second-order valence-electron chi connectivity index (χ2n) is 4.27. The van der Waals surface area contributed by atoms with Crippen LogP contribution in [0, 0.1) is 6.92 Å². The molecule has 1 aromatic rings. The van der Waals surface area contributed by atoms with Gasteiger partial charge in [0.15, 0.2) is 0 Å². The van der Waals surface area contributed by atoms with Crippen molar-refractivity contribution in [2.24, 2.45) is 0 Å². The Balaban J connectivity index is 1.81. The summed E-state index contributed by atoms with van der Waals surface area (Å²) in [6, 6.07) is 8.13. The predicted molar refractivity (Wildman–Crippen MR) is 65.6 cm³/mol. The summed E-state index contributed by atoms with van der Waals surface area (Å²) in [5, 5.41) is 6.02. The Kier molecular flexibility index (Phi) is 4.12. The van der Waals surface area contributed by atoms with Crippen LogP contribution in [0.4, 0.5) is 0 Å². The van der Waals surface area contributed by atoms with E-state index in [1.54, 1.807) is 0 Å². The van der Waals surface area contributed by atoms with Crippen molar-refractivity contribution in [3.63, 3.8) is 0 Å². The van der Waals surface area contributed by atoms with Gasteiger partial charge in [-0.1, -0.05) is 29.8 Å². The van der Waals surface area contributed by atoms with Crippen LogP contribution in [0.1, 0.15) is 11.1 Å². The minimum atomic E-state index is -0.353. The number of morpholine rings is 1. The molecule has 1 aliphatic heterocycles. The molecule has 0 aliphatic carbocycles. The molecule has 0 radical (unpaired) electrons. The number of hydrogen-bond acceptors (Lipinski definition) is 3. The first-order chi connectivity index (χ1) is 8.25. The second-order valence-corrected chi connectivity index (χ2v) is 4.27. The molecule has 92 valence electrons. The standard InChI is InChI=1S/C13H18N2O2/c1-10-2-4-11(5-3-10)8-15-13(16)12-9-14-6-7-17-12/h2-5,12,14H,6-9H2,1H3,(H,15,16). The van der Waals surface area contributed by atoms with Crippen molar-refractivity contribution in [1.82, 2.24) is 10.6 Å². The summed E-state index contributed by atoms with van der Waals surface area (Å²) < 4.78 is 5.37. The van der Waals surface area contributed by atoms with Crippen LogP contribution in [-0.2, 0) is 16.1 Å². The molecular weight excluding hydrogens is 216 g/mol. The summed E-state index contributed by atoms with van der Waals surface area (Å²) >= 11 is 0. The van der Waals surface area contributed by atoms with Crippen LogP contribution in [0.25, 0.3) is 0 Å². The lowest BCUT2D eigenvalue weighted by Gasteiger charge is -2.22. The molecule has 17 heavy (non-hydrogen) atoms. The van der Waals surface area contributed by atoms with Crippen LogP contribution >= 0.6 is 0 Å². The fourth-order valence-electron chi connectivity index (χ4n) is 1.74. The quantitative estimate of drug-likeness (QED) is 0.805. The SMILES string of the molecule is Cc1ccc(CNC(=O)C2CNCCO2)cc1. The van der Waals surface area contributed by atoms with Crippen molar-refractivity contribution in [2.75, 3.05) is 19.7 Å². The molecule has 0 aromatic heterocycles. The summed E-state index contributed by atoms with van der Waals surface area (Å²) in [6.45, 7) is 4.62. The summed E-state index contributed by atoms with van der Waals surface area (Å²) in [6.07, 6.45) is -0.353. The Labute approximate surface area is 101 Å². The van der Waals surface area contributed by atoms with Crippen LogP contribution in [0.3, 0.4) is 0 Å². The van der Waals surface area contributed by atoms with Crippen LogP contribution < -0.4 is 10.6 Å². The number of ether oxygens (including phenoxy) is 1. The van der Waals surface area contributed by atoms with Crippen molar-refractivity contribution >= 4 is 5.91 Å². The van der Waals surface area contributed by atoms with Gasteiger partial charge in [0.2, 0.25) is 0 Å². The van der Waals surface area contributed by atoms with Gasteiger partial charge in [0.25, 0.3) is 5.91 Å². The van der Waals surface area contributed by atoms with Gasteiger partial charge in [0, 0.05) is 19.6 Å². The van der Waals surface area contributed by atoms with Crippen molar-refractivity contribution < 1.29 is 9.53 Å². The van der Waals surface area contributed by atoms with Crippen molar-refractivity contribution in [3.05, 3.63) is 35.4 Å². The molecule has 1 saturated heterocycles. The summed E-state index contributed by atoms with van der Waals surface area (Å²) in [7, 11) is 0. The van der Waals surface area contributed by atoms with E-state index in [1.165, 1.54) is 5.56 Å². The lowest BCUT2D eigenvalue weighted by Crippen LogP contribution is -2.47.